The summed E-state index contributed by atoms with van der Waals surface area (Å²) < 4.78 is 5.28. The van der Waals surface area contributed by atoms with Gasteiger partial charge in [-0.1, -0.05) is 0 Å². The summed E-state index contributed by atoms with van der Waals surface area (Å²) in [4.78, 5) is 39.4. The minimum atomic E-state index is -0.920. The van der Waals surface area contributed by atoms with Crippen molar-refractivity contribution >= 4 is 17.8 Å². The summed E-state index contributed by atoms with van der Waals surface area (Å²) in [7, 11) is 1.48. The SMILES string of the molecule is CNC(=O)C(C)OC(=O)[C@@H]1CC(O)CN1C(=O)C12CC3CC(CC(C3)C1)C2. The van der Waals surface area contributed by atoms with Crippen LogP contribution in [-0.2, 0) is 19.1 Å². The van der Waals surface area contributed by atoms with E-state index in [1.165, 1.54) is 33.2 Å². The number of aliphatic hydroxyl groups excluding tert-OH is 1. The molecule has 150 valence electrons. The Morgan fingerprint density at radius 1 is 1.07 bits per heavy atom. The summed E-state index contributed by atoms with van der Waals surface area (Å²) in [5.41, 5.74) is -0.357. The summed E-state index contributed by atoms with van der Waals surface area (Å²) in [6.07, 6.45) is 5.01. The van der Waals surface area contributed by atoms with Crippen molar-refractivity contribution in [3.63, 3.8) is 0 Å². The van der Waals surface area contributed by atoms with Crippen molar-refractivity contribution in [3.05, 3.63) is 0 Å². The van der Waals surface area contributed by atoms with Gasteiger partial charge in [-0.05, 0) is 63.2 Å². The van der Waals surface area contributed by atoms with Crippen LogP contribution < -0.4 is 5.32 Å². The molecule has 4 bridgehead atoms. The van der Waals surface area contributed by atoms with Crippen LogP contribution in [0, 0.1) is 23.2 Å². The van der Waals surface area contributed by atoms with Crippen molar-refractivity contribution in [2.45, 2.75) is 70.1 Å². The molecular formula is C20H30N2O5. The van der Waals surface area contributed by atoms with Crippen molar-refractivity contribution in [1.29, 1.82) is 0 Å². The van der Waals surface area contributed by atoms with Crippen LogP contribution in [-0.4, -0.2) is 59.6 Å². The topological polar surface area (TPSA) is 95.9 Å². The first-order valence-corrected chi connectivity index (χ1v) is 10.2. The Labute approximate surface area is 159 Å². The molecule has 0 spiro atoms. The highest BCUT2D eigenvalue weighted by atomic mass is 16.5. The molecule has 3 atom stereocenters. The van der Waals surface area contributed by atoms with Crippen molar-refractivity contribution in [2.75, 3.05) is 13.6 Å². The molecule has 5 rings (SSSR count). The van der Waals surface area contributed by atoms with Gasteiger partial charge in [0.1, 0.15) is 6.04 Å². The molecule has 4 aliphatic carbocycles. The van der Waals surface area contributed by atoms with E-state index in [4.69, 9.17) is 4.74 Å². The first kappa shape index (κ1) is 18.7. The van der Waals surface area contributed by atoms with E-state index >= 15 is 0 Å². The number of rotatable bonds is 4. The number of β-amino-alcohol motifs (C(OH)–C–C–N with tert-alkyl or cyclic N) is 1. The summed E-state index contributed by atoms with van der Waals surface area (Å²) >= 11 is 0. The Morgan fingerprint density at radius 2 is 1.63 bits per heavy atom. The molecular weight excluding hydrogens is 348 g/mol. The van der Waals surface area contributed by atoms with Crippen molar-refractivity contribution in [1.82, 2.24) is 10.2 Å². The molecule has 5 fully saturated rings. The van der Waals surface area contributed by atoms with Gasteiger partial charge < -0.3 is 20.1 Å². The molecule has 1 heterocycles. The predicted octanol–water partition coefficient (Wildman–Crippen LogP) is 0.842. The van der Waals surface area contributed by atoms with E-state index in [1.54, 1.807) is 4.90 Å². The second kappa shape index (κ2) is 6.76. The maximum Gasteiger partial charge on any atom is 0.329 e. The zero-order valence-corrected chi connectivity index (χ0v) is 16.1. The number of esters is 1. The zero-order valence-electron chi connectivity index (χ0n) is 16.1. The molecule has 0 aromatic carbocycles. The second-order valence-corrected chi connectivity index (χ2v) is 9.25. The summed E-state index contributed by atoms with van der Waals surface area (Å²) in [5, 5.41) is 12.6. The number of amides is 2. The summed E-state index contributed by atoms with van der Waals surface area (Å²) in [6.45, 7) is 1.68. The van der Waals surface area contributed by atoms with Crippen molar-refractivity contribution in [3.8, 4) is 0 Å². The molecule has 2 unspecified atom stereocenters. The Balaban J connectivity index is 1.50. The number of carbonyl (C=O) groups excluding carboxylic acids is 3. The Morgan fingerprint density at radius 3 is 2.15 bits per heavy atom. The maximum absolute atomic E-state index is 13.6. The smallest absolute Gasteiger partial charge is 0.329 e. The fourth-order valence-corrected chi connectivity index (χ4v) is 6.45. The van der Waals surface area contributed by atoms with E-state index < -0.39 is 24.2 Å². The van der Waals surface area contributed by atoms with Gasteiger partial charge in [0.25, 0.3) is 5.91 Å². The molecule has 1 saturated heterocycles. The van der Waals surface area contributed by atoms with Gasteiger partial charge >= 0.3 is 5.97 Å². The molecule has 0 aromatic heterocycles. The van der Waals surface area contributed by atoms with Gasteiger partial charge in [-0.15, -0.1) is 0 Å². The molecule has 0 aromatic rings. The quantitative estimate of drug-likeness (QED) is 0.707. The molecule has 0 radical (unpaired) electrons. The summed E-state index contributed by atoms with van der Waals surface area (Å²) in [6, 6.07) is -0.799. The normalized spacial score (nSPS) is 40.7. The van der Waals surface area contributed by atoms with Gasteiger partial charge in [0, 0.05) is 20.0 Å². The van der Waals surface area contributed by atoms with Crippen molar-refractivity contribution < 1.29 is 24.2 Å². The van der Waals surface area contributed by atoms with Crippen LogP contribution in [0.25, 0.3) is 0 Å². The highest BCUT2D eigenvalue weighted by Gasteiger charge is 2.57. The minimum Gasteiger partial charge on any atom is -0.451 e. The predicted molar refractivity (Wildman–Crippen MR) is 96.4 cm³/mol. The van der Waals surface area contributed by atoms with E-state index in [1.807, 2.05) is 0 Å². The lowest BCUT2D eigenvalue weighted by Gasteiger charge is -2.56. The van der Waals surface area contributed by atoms with Crippen LogP contribution in [0.4, 0.5) is 0 Å². The minimum absolute atomic E-state index is 0.0210. The lowest BCUT2D eigenvalue weighted by Crippen LogP contribution is -2.56. The summed E-state index contributed by atoms with van der Waals surface area (Å²) in [5.74, 6) is 0.929. The number of aliphatic hydroxyl groups is 1. The number of hydrogen-bond donors (Lipinski definition) is 2. The second-order valence-electron chi connectivity index (χ2n) is 9.25. The van der Waals surface area contributed by atoms with Gasteiger partial charge in [-0.3, -0.25) is 9.59 Å². The van der Waals surface area contributed by atoms with Crippen LogP contribution in [0.3, 0.4) is 0 Å². The highest BCUT2D eigenvalue weighted by Crippen LogP contribution is 2.60. The fourth-order valence-electron chi connectivity index (χ4n) is 6.45. The standard InChI is InChI=1S/C20H30N2O5/c1-11(17(24)21-2)27-18(25)16-6-15(23)10-22(16)19(26)20-7-12-3-13(8-20)5-14(4-12)9-20/h11-16,23H,3-10H2,1-2H3,(H,21,24)/t11?,12?,13?,14?,15?,16-,20?/m0/s1. The number of ether oxygens (including phenoxy) is 1. The Kier molecular flexibility index (Phi) is 4.69. The van der Waals surface area contributed by atoms with E-state index in [2.05, 4.69) is 5.32 Å². The average Bonchev–Trinajstić information content (AvgIpc) is 3.00. The van der Waals surface area contributed by atoms with Gasteiger partial charge in [-0.25, -0.2) is 4.79 Å². The first-order valence-electron chi connectivity index (χ1n) is 10.2. The van der Waals surface area contributed by atoms with E-state index in [0.717, 1.165) is 19.3 Å². The molecule has 2 amide bonds. The molecule has 7 nitrogen and oxygen atoms in total. The molecule has 7 heteroatoms. The lowest BCUT2D eigenvalue weighted by atomic mass is 9.49. The van der Waals surface area contributed by atoms with Crippen LogP contribution in [0.2, 0.25) is 0 Å². The number of nitrogens with one attached hydrogen (secondary N) is 1. The largest absolute Gasteiger partial charge is 0.451 e. The van der Waals surface area contributed by atoms with E-state index in [-0.39, 0.29) is 30.2 Å². The molecule has 1 aliphatic heterocycles. The number of carbonyl (C=O) groups is 3. The van der Waals surface area contributed by atoms with Crippen LogP contribution in [0.15, 0.2) is 0 Å². The Hall–Kier alpha value is -1.63. The monoisotopic (exact) mass is 378 g/mol. The third-order valence-electron chi connectivity index (χ3n) is 7.21. The number of likely N-dealkylation sites (N-methyl/N-ethyl adjacent to an activating group) is 1. The zero-order chi connectivity index (χ0) is 19.3. The number of nitrogens with zero attached hydrogens (tertiary/aromatic N) is 1. The van der Waals surface area contributed by atoms with Gasteiger partial charge in [-0.2, -0.15) is 0 Å². The molecule has 4 saturated carbocycles. The number of likely N-dealkylation sites (tertiary alicyclic amines) is 1. The van der Waals surface area contributed by atoms with E-state index in [9.17, 15) is 19.5 Å². The van der Waals surface area contributed by atoms with Gasteiger partial charge in [0.05, 0.1) is 11.5 Å². The van der Waals surface area contributed by atoms with Crippen LogP contribution in [0.1, 0.15) is 51.9 Å². The molecule has 5 aliphatic rings. The molecule has 27 heavy (non-hydrogen) atoms. The van der Waals surface area contributed by atoms with Gasteiger partial charge in [0.15, 0.2) is 6.10 Å². The first-order chi connectivity index (χ1) is 12.8. The molecule has 2 N–H and O–H groups in total. The van der Waals surface area contributed by atoms with Crippen molar-refractivity contribution in [2.24, 2.45) is 23.2 Å². The fraction of sp³-hybridized carbons (Fsp3) is 0.850. The van der Waals surface area contributed by atoms with Crippen LogP contribution >= 0.6 is 0 Å². The number of hydrogen-bond acceptors (Lipinski definition) is 5. The van der Waals surface area contributed by atoms with E-state index in [0.29, 0.717) is 17.8 Å². The Bertz CT molecular complexity index is 613. The highest BCUT2D eigenvalue weighted by molar-refractivity contribution is 5.90. The van der Waals surface area contributed by atoms with Crippen LogP contribution in [0.5, 0.6) is 0 Å². The maximum atomic E-state index is 13.6. The average molecular weight is 378 g/mol. The van der Waals surface area contributed by atoms with Gasteiger partial charge in [0.2, 0.25) is 5.91 Å². The third kappa shape index (κ3) is 3.24. The lowest BCUT2D eigenvalue weighted by molar-refractivity contribution is -0.168. The third-order valence-corrected chi connectivity index (χ3v) is 7.21.